The largest absolute Gasteiger partial charge is 0.458 e. The minimum atomic E-state index is -1.56. The Labute approximate surface area is 224 Å². The third-order valence-electron chi connectivity index (χ3n) is 9.82. The zero-order valence-electron chi connectivity index (χ0n) is 22.9. The summed E-state index contributed by atoms with van der Waals surface area (Å²) in [6.45, 7) is 11.9. The zero-order chi connectivity index (χ0) is 27.8. The minimum absolute atomic E-state index is 0.0363. The summed E-state index contributed by atoms with van der Waals surface area (Å²) in [7, 11) is 0. The standard InChI is InChI=1S/C29H39ClO7/c1-16-12-21-19-9-11-28(23(34)15-36-17(2)31,37-24(35)25(3,4)5)27(19,7)14-22(33)29(21,30)26(6)10-8-18(32)13-20(16)26/h8,10,13,16,19,21-22,33H,9,11-12,14-15H2,1-7H3/t16-,19-,21-,22-,26-,27-,28-,29-/m0/s1. The lowest BCUT2D eigenvalue weighted by molar-refractivity contribution is -0.204. The molecule has 8 heteroatoms. The van der Waals surface area contributed by atoms with Gasteiger partial charge in [-0.3, -0.25) is 19.2 Å². The molecule has 0 radical (unpaired) electrons. The SMILES string of the molecule is CC(=O)OCC(=O)[C@@]1(OC(=O)C(C)(C)C)CC[C@H]2[C@@H]3C[C@H](C)C4=CC(=O)C=C[C@]4(C)[C@@]3(Cl)[C@@H](O)C[C@@]21C. The fourth-order valence-corrected chi connectivity index (χ4v) is 8.36. The van der Waals surface area contributed by atoms with Crippen LogP contribution in [0.5, 0.6) is 0 Å². The predicted molar refractivity (Wildman–Crippen MR) is 138 cm³/mol. The van der Waals surface area contributed by atoms with Gasteiger partial charge in [0.1, 0.15) is 0 Å². The molecule has 0 aromatic carbocycles. The van der Waals surface area contributed by atoms with Crippen molar-refractivity contribution >= 4 is 35.1 Å². The van der Waals surface area contributed by atoms with Crippen molar-refractivity contribution in [2.45, 2.75) is 90.7 Å². The lowest BCUT2D eigenvalue weighted by atomic mass is 9.44. The van der Waals surface area contributed by atoms with Crippen molar-refractivity contribution in [1.29, 1.82) is 0 Å². The average Bonchev–Trinajstić information content (AvgIpc) is 3.07. The first kappa shape index (κ1) is 28.0. The van der Waals surface area contributed by atoms with Crippen LogP contribution in [-0.2, 0) is 28.7 Å². The number of carbonyl (C=O) groups is 4. The summed E-state index contributed by atoms with van der Waals surface area (Å²) in [5.41, 5.74) is -3.18. The first-order valence-electron chi connectivity index (χ1n) is 13.2. The number of halogens is 1. The van der Waals surface area contributed by atoms with Crippen molar-refractivity contribution in [2.75, 3.05) is 6.61 Å². The molecule has 0 heterocycles. The van der Waals surface area contributed by atoms with Gasteiger partial charge in [0.15, 0.2) is 18.0 Å². The summed E-state index contributed by atoms with van der Waals surface area (Å²) >= 11 is 7.52. The van der Waals surface area contributed by atoms with Crippen LogP contribution in [0.25, 0.3) is 0 Å². The second-order valence-corrected chi connectivity index (χ2v) is 13.6. The van der Waals surface area contributed by atoms with Crippen LogP contribution in [-0.4, -0.2) is 51.8 Å². The zero-order valence-corrected chi connectivity index (χ0v) is 23.6. The van der Waals surface area contributed by atoms with E-state index in [0.717, 1.165) is 5.57 Å². The van der Waals surface area contributed by atoms with Gasteiger partial charge >= 0.3 is 11.9 Å². The van der Waals surface area contributed by atoms with Crippen LogP contribution in [0.15, 0.2) is 23.8 Å². The van der Waals surface area contributed by atoms with Crippen molar-refractivity contribution in [2.24, 2.45) is 34.0 Å². The molecule has 0 bridgehead atoms. The molecule has 0 saturated heterocycles. The highest BCUT2D eigenvalue weighted by Gasteiger charge is 2.75. The summed E-state index contributed by atoms with van der Waals surface area (Å²) in [6.07, 6.45) is 5.54. The van der Waals surface area contributed by atoms with Crippen LogP contribution >= 0.6 is 11.6 Å². The maximum absolute atomic E-state index is 13.8. The normalized spacial score (nSPS) is 42.7. The van der Waals surface area contributed by atoms with Gasteiger partial charge in [-0.1, -0.05) is 32.4 Å². The number of ether oxygens (including phenoxy) is 2. The Morgan fingerprint density at radius 3 is 2.43 bits per heavy atom. The molecule has 0 aromatic heterocycles. The van der Waals surface area contributed by atoms with Crippen LogP contribution in [0.1, 0.15) is 74.1 Å². The lowest BCUT2D eigenvalue weighted by Crippen LogP contribution is -2.70. The van der Waals surface area contributed by atoms with E-state index in [-0.39, 0.29) is 36.4 Å². The molecular formula is C29H39ClO7. The summed E-state index contributed by atoms with van der Waals surface area (Å²) in [4.78, 5) is 49.7. The van der Waals surface area contributed by atoms with Crippen LogP contribution in [0, 0.1) is 34.0 Å². The number of rotatable bonds is 4. The summed E-state index contributed by atoms with van der Waals surface area (Å²) in [5, 5.41) is 11.8. The highest BCUT2D eigenvalue weighted by Crippen LogP contribution is 2.71. The van der Waals surface area contributed by atoms with Crippen LogP contribution in [0.2, 0.25) is 0 Å². The molecular weight excluding hydrogens is 496 g/mol. The van der Waals surface area contributed by atoms with E-state index in [4.69, 9.17) is 21.1 Å². The number of aliphatic hydroxyl groups is 1. The van der Waals surface area contributed by atoms with Gasteiger partial charge in [-0.25, -0.2) is 0 Å². The van der Waals surface area contributed by atoms with Crippen molar-refractivity contribution in [1.82, 2.24) is 0 Å². The van der Waals surface area contributed by atoms with Gasteiger partial charge in [0.2, 0.25) is 5.78 Å². The molecule has 0 aliphatic heterocycles. The van der Waals surface area contributed by atoms with Gasteiger partial charge in [0.05, 0.1) is 16.4 Å². The van der Waals surface area contributed by atoms with E-state index in [9.17, 15) is 24.3 Å². The van der Waals surface area contributed by atoms with E-state index in [1.165, 1.54) is 13.0 Å². The molecule has 4 rings (SSSR count). The number of alkyl halides is 1. The molecule has 37 heavy (non-hydrogen) atoms. The average molecular weight is 535 g/mol. The van der Waals surface area contributed by atoms with Crippen LogP contribution < -0.4 is 0 Å². The molecule has 3 fully saturated rings. The van der Waals surface area contributed by atoms with E-state index in [1.807, 2.05) is 19.9 Å². The Morgan fingerprint density at radius 1 is 1.19 bits per heavy atom. The number of hydrogen-bond donors (Lipinski definition) is 1. The molecule has 7 nitrogen and oxygen atoms in total. The van der Waals surface area contributed by atoms with Crippen molar-refractivity contribution in [3.63, 3.8) is 0 Å². The minimum Gasteiger partial charge on any atom is -0.458 e. The van der Waals surface area contributed by atoms with Gasteiger partial charge in [0, 0.05) is 17.8 Å². The number of allylic oxidation sites excluding steroid dienone is 4. The number of aliphatic hydroxyl groups excluding tert-OH is 1. The number of fused-ring (bicyclic) bond motifs is 5. The highest BCUT2D eigenvalue weighted by atomic mass is 35.5. The molecule has 0 spiro atoms. The summed E-state index contributed by atoms with van der Waals surface area (Å²) in [6, 6.07) is 0. The highest BCUT2D eigenvalue weighted by molar-refractivity contribution is 6.26. The van der Waals surface area contributed by atoms with E-state index >= 15 is 0 Å². The molecule has 3 saturated carbocycles. The Morgan fingerprint density at radius 2 is 1.84 bits per heavy atom. The summed E-state index contributed by atoms with van der Waals surface area (Å²) in [5.74, 6) is -2.00. The third kappa shape index (κ3) is 3.86. The molecule has 1 N–H and O–H groups in total. The van der Waals surface area contributed by atoms with E-state index in [2.05, 4.69) is 6.92 Å². The van der Waals surface area contributed by atoms with Crippen LogP contribution in [0.3, 0.4) is 0 Å². The van der Waals surface area contributed by atoms with E-state index in [1.54, 1.807) is 26.8 Å². The number of carbonyl (C=O) groups excluding carboxylic acids is 4. The third-order valence-corrected chi connectivity index (χ3v) is 10.7. The molecule has 4 aliphatic carbocycles. The maximum atomic E-state index is 13.8. The molecule has 8 atom stereocenters. The number of hydrogen-bond acceptors (Lipinski definition) is 7. The number of Topliss-reactive ketones (excluding diaryl/α,β-unsaturated/α-hetero) is 1. The first-order valence-corrected chi connectivity index (χ1v) is 13.5. The summed E-state index contributed by atoms with van der Waals surface area (Å²) < 4.78 is 11.2. The molecule has 0 unspecified atom stereocenters. The van der Waals surface area contributed by atoms with Gasteiger partial charge in [-0.15, -0.1) is 11.6 Å². The van der Waals surface area contributed by atoms with Crippen molar-refractivity contribution in [3.05, 3.63) is 23.8 Å². The second kappa shape index (κ2) is 8.77. The molecule has 0 amide bonds. The van der Waals surface area contributed by atoms with Crippen LogP contribution in [0.4, 0.5) is 0 Å². The Bertz CT molecular complexity index is 1100. The van der Waals surface area contributed by atoms with E-state index in [0.29, 0.717) is 12.8 Å². The molecule has 0 aromatic rings. The maximum Gasteiger partial charge on any atom is 0.312 e. The fourth-order valence-electron chi connectivity index (χ4n) is 7.87. The number of ketones is 2. The van der Waals surface area contributed by atoms with Crippen molar-refractivity contribution < 1.29 is 33.8 Å². The first-order chi connectivity index (χ1) is 16.9. The Kier molecular flexibility index (Phi) is 6.64. The van der Waals surface area contributed by atoms with E-state index < -0.39 is 57.2 Å². The van der Waals surface area contributed by atoms with Gasteiger partial charge < -0.3 is 14.6 Å². The van der Waals surface area contributed by atoms with Gasteiger partial charge in [-0.2, -0.15) is 0 Å². The Hall–Kier alpha value is -1.99. The molecule has 204 valence electrons. The predicted octanol–water partition coefficient (Wildman–Crippen LogP) is 4.33. The fraction of sp³-hybridized carbons (Fsp3) is 0.724. The van der Waals surface area contributed by atoms with Gasteiger partial charge in [0.25, 0.3) is 0 Å². The number of esters is 2. The smallest absolute Gasteiger partial charge is 0.312 e. The lowest BCUT2D eigenvalue weighted by Gasteiger charge is -2.65. The van der Waals surface area contributed by atoms with Gasteiger partial charge in [-0.05, 0) is 76.4 Å². The topological polar surface area (TPSA) is 107 Å². The quantitative estimate of drug-likeness (QED) is 0.422. The monoisotopic (exact) mass is 534 g/mol. The second-order valence-electron chi connectivity index (χ2n) is 13.0. The molecule has 4 aliphatic rings. The Balaban J connectivity index is 1.82. The van der Waals surface area contributed by atoms with Crippen molar-refractivity contribution in [3.8, 4) is 0 Å².